The summed E-state index contributed by atoms with van der Waals surface area (Å²) in [5.74, 6) is -0.907. The van der Waals surface area contributed by atoms with Crippen LogP contribution in [-0.2, 0) is 11.2 Å². The molecule has 0 aliphatic rings. The first-order valence-electron chi connectivity index (χ1n) is 7.38. The van der Waals surface area contributed by atoms with E-state index in [-0.39, 0.29) is 12.2 Å². The number of halogens is 1. The molecule has 0 aliphatic heterocycles. The maximum absolute atomic E-state index is 12.3. The van der Waals surface area contributed by atoms with Crippen molar-refractivity contribution in [3.8, 4) is 5.75 Å². The van der Waals surface area contributed by atoms with Crippen LogP contribution in [-0.4, -0.2) is 29.3 Å². The fraction of sp³-hybridized carbons (Fsp3) is 0.412. The third-order valence-electron chi connectivity index (χ3n) is 3.69. The van der Waals surface area contributed by atoms with E-state index in [1.54, 1.807) is 14.0 Å². The van der Waals surface area contributed by atoms with Crippen molar-refractivity contribution in [1.82, 2.24) is 0 Å². The van der Waals surface area contributed by atoms with Crippen molar-refractivity contribution >= 4 is 49.1 Å². The molecule has 1 aromatic heterocycles. The number of hydrogen-bond acceptors (Lipinski definition) is 4. The molecule has 0 radical (unpaired) electrons. The van der Waals surface area contributed by atoms with Gasteiger partial charge in [-0.15, -0.1) is 11.3 Å². The Labute approximate surface area is 147 Å². The summed E-state index contributed by atoms with van der Waals surface area (Å²) in [5, 5.41) is 10.9. The monoisotopic (exact) mass is 398 g/mol. The summed E-state index contributed by atoms with van der Waals surface area (Å²) in [6, 6.07) is 5.87. The summed E-state index contributed by atoms with van der Waals surface area (Å²) in [7, 11) is 1.65. The Morgan fingerprint density at radius 3 is 2.70 bits per heavy atom. The van der Waals surface area contributed by atoms with Gasteiger partial charge in [-0.05, 0) is 42.0 Å². The number of alkyl halides is 1. The van der Waals surface area contributed by atoms with Crippen LogP contribution in [0.1, 0.15) is 35.0 Å². The van der Waals surface area contributed by atoms with E-state index in [2.05, 4.69) is 22.0 Å². The van der Waals surface area contributed by atoms with Crippen molar-refractivity contribution in [2.75, 3.05) is 12.4 Å². The second kappa shape index (κ2) is 7.93. The molecule has 124 valence electrons. The first kappa shape index (κ1) is 17.9. The van der Waals surface area contributed by atoms with Crippen molar-refractivity contribution in [2.45, 2.75) is 26.2 Å². The SMILES string of the molecule is COc1cc2sc(C(=O)C[C@@H](C)C(=O)O)cc2cc1CCCBr. The lowest BCUT2D eigenvalue weighted by Crippen LogP contribution is -2.13. The highest BCUT2D eigenvalue weighted by Gasteiger charge is 2.19. The van der Waals surface area contributed by atoms with Gasteiger partial charge in [0.15, 0.2) is 5.78 Å². The molecule has 0 aliphatic carbocycles. The van der Waals surface area contributed by atoms with E-state index in [0.717, 1.165) is 39.6 Å². The van der Waals surface area contributed by atoms with Crippen LogP contribution in [0.4, 0.5) is 0 Å². The third-order valence-corrected chi connectivity index (χ3v) is 5.39. The minimum absolute atomic E-state index is 0.0235. The quantitative estimate of drug-likeness (QED) is 0.523. The molecule has 1 N–H and O–H groups in total. The van der Waals surface area contributed by atoms with Gasteiger partial charge in [0.05, 0.1) is 17.9 Å². The van der Waals surface area contributed by atoms with Gasteiger partial charge in [0.1, 0.15) is 5.75 Å². The van der Waals surface area contributed by atoms with Crippen LogP contribution in [0, 0.1) is 5.92 Å². The Bertz CT molecular complexity index is 723. The Morgan fingerprint density at radius 2 is 2.09 bits per heavy atom. The number of methoxy groups -OCH3 is 1. The summed E-state index contributed by atoms with van der Waals surface area (Å²) in [4.78, 5) is 23.8. The molecule has 4 nitrogen and oxygen atoms in total. The lowest BCUT2D eigenvalue weighted by Gasteiger charge is -2.07. The first-order chi connectivity index (χ1) is 11.0. The molecule has 6 heteroatoms. The van der Waals surface area contributed by atoms with Crippen molar-refractivity contribution in [2.24, 2.45) is 5.92 Å². The Kier molecular flexibility index (Phi) is 6.18. The number of thiophene rings is 1. The normalized spacial score (nSPS) is 12.3. The van der Waals surface area contributed by atoms with Crippen LogP contribution >= 0.6 is 27.3 Å². The van der Waals surface area contributed by atoms with Gasteiger partial charge >= 0.3 is 5.97 Å². The summed E-state index contributed by atoms with van der Waals surface area (Å²) in [6.45, 7) is 1.55. The Morgan fingerprint density at radius 1 is 1.35 bits per heavy atom. The zero-order valence-corrected chi connectivity index (χ0v) is 15.5. The van der Waals surface area contributed by atoms with E-state index < -0.39 is 11.9 Å². The van der Waals surface area contributed by atoms with Gasteiger partial charge < -0.3 is 9.84 Å². The summed E-state index contributed by atoms with van der Waals surface area (Å²) >= 11 is 4.82. The largest absolute Gasteiger partial charge is 0.496 e. The van der Waals surface area contributed by atoms with Gasteiger partial charge in [0, 0.05) is 16.5 Å². The number of carbonyl (C=O) groups is 2. The minimum atomic E-state index is -0.946. The molecule has 1 atom stereocenters. The van der Waals surface area contributed by atoms with E-state index in [4.69, 9.17) is 9.84 Å². The lowest BCUT2D eigenvalue weighted by molar-refractivity contribution is -0.141. The van der Waals surface area contributed by atoms with Gasteiger partial charge in [-0.3, -0.25) is 9.59 Å². The second-order valence-electron chi connectivity index (χ2n) is 5.47. The van der Waals surface area contributed by atoms with E-state index in [0.29, 0.717) is 4.88 Å². The fourth-order valence-electron chi connectivity index (χ4n) is 2.36. The smallest absolute Gasteiger partial charge is 0.306 e. The highest BCUT2D eigenvalue weighted by molar-refractivity contribution is 9.09. The summed E-state index contributed by atoms with van der Waals surface area (Å²) < 4.78 is 6.43. The van der Waals surface area contributed by atoms with Crippen molar-refractivity contribution in [1.29, 1.82) is 0 Å². The number of carboxylic acid groups (broad SMARTS) is 1. The topological polar surface area (TPSA) is 63.6 Å². The zero-order valence-electron chi connectivity index (χ0n) is 13.1. The number of aliphatic carboxylic acids is 1. The van der Waals surface area contributed by atoms with Gasteiger partial charge in [-0.25, -0.2) is 0 Å². The number of ether oxygens (including phenoxy) is 1. The Hall–Kier alpha value is -1.40. The van der Waals surface area contributed by atoms with Crippen LogP contribution in [0.3, 0.4) is 0 Å². The first-order valence-corrected chi connectivity index (χ1v) is 9.32. The molecule has 0 unspecified atom stereocenters. The van der Waals surface area contributed by atoms with Crippen LogP contribution in [0.25, 0.3) is 10.1 Å². The molecule has 23 heavy (non-hydrogen) atoms. The number of carboxylic acids is 1. The second-order valence-corrected chi connectivity index (χ2v) is 7.35. The number of aryl methyl sites for hydroxylation is 1. The maximum atomic E-state index is 12.3. The number of carbonyl (C=O) groups excluding carboxylic acids is 1. The van der Waals surface area contributed by atoms with Gasteiger partial charge in [-0.2, -0.15) is 0 Å². The van der Waals surface area contributed by atoms with Gasteiger partial charge in [0.2, 0.25) is 0 Å². The summed E-state index contributed by atoms with van der Waals surface area (Å²) in [6.07, 6.45) is 1.93. The highest BCUT2D eigenvalue weighted by Crippen LogP contribution is 2.33. The molecule has 0 fully saturated rings. The predicted octanol–water partition coefficient (Wildman–Crippen LogP) is 4.53. The van der Waals surface area contributed by atoms with Crippen molar-refractivity contribution in [3.05, 3.63) is 28.6 Å². The molecule has 0 spiro atoms. The van der Waals surface area contributed by atoms with E-state index in [9.17, 15) is 9.59 Å². The molecule has 1 heterocycles. The standard InChI is InChI=1S/C17H19BrO4S/c1-10(17(20)21)6-13(19)16-8-12-7-11(4-3-5-18)14(22-2)9-15(12)23-16/h7-10H,3-6H2,1-2H3,(H,20,21)/t10-/m1/s1. The number of benzene rings is 1. The predicted molar refractivity (Wildman–Crippen MR) is 96.2 cm³/mol. The molecule has 0 saturated heterocycles. The minimum Gasteiger partial charge on any atom is -0.496 e. The number of rotatable bonds is 8. The van der Waals surface area contributed by atoms with Crippen molar-refractivity contribution < 1.29 is 19.4 Å². The molecule has 0 amide bonds. The molecule has 0 bridgehead atoms. The molecular formula is C17H19BrO4S. The third kappa shape index (κ3) is 4.32. The number of hydrogen-bond donors (Lipinski definition) is 1. The van der Waals surface area contributed by atoms with Crippen LogP contribution in [0.2, 0.25) is 0 Å². The molecular weight excluding hydrogens is 380 g/mol. The Balaban J connectivity index is 2.30. The number of ketones is 1. The fourth-order valence-corrected chi connectivity index (χ4v) is 3.66. The molecule has 1 aromatic carbocycles. The van der Waals surface area contributed by atoms with E-state index >= 15 is 0 Å². The highest BCUT2D eigenvalue weighted by atomic mass is 79.9. The lowest BCUT2D eigenvalue weighted by atomic mass is 10.0. The summed E-state index contributed by atoms with van der Waals surface area (Å²) in [5.41, 5.74) is 1.12. The molecule has 0 saturated carbocycles. The molecule has 2 rings (SSSR count). The van der Waals surface area contributed by atoms with Crippen molar-refractivity contribution in [3.63, 3.8) is 0 Å². The zero-order chi connectivity index (χ0) is 17.0. The van der Waals surface area contributed by atoms with Gasteiger partial charge in [-0.1, -0.05) is 22.9 Å². The maximum Gasteiger partial charge on any atom is 0.306 e. The number of Topliss-reactive ketones (excluding diaryl/α,β-unsaturated/α-hetero) is 1. The molecule has 2 aromatic rings. The number of fused-ring (bicyclic) bond motifs is 1. The van der Waals surface area contributed by atoms with E-state index in [1.165, 1.54) is 11.3 Å². The van der Waals surface area contributed by atoms with Crippen LogP contribution in [0.15, 0.2) is 18.2 Å². The van der Waals surface area contributed by atoms with Crippen LogP contribution in [0.5, 0.6) is 5.75 Å². The average Bonchev–Trinajstić information content (AvgIpc) is 2.94. The van der Waals surface area contributed by atoms with E-state index in [1.807, 2.05) is 12.1 Å². The van der Waals surface area contributed by atoms with Gasteiger partial charge in [0.25, 0.3) is 0 Å². The van der Waals surface area contributed by atoms with Crippen LogP contribution < -0.4 is 4.74 Å². The average molecular weight is 399 g/mol.